The van der Waals surface area contributed by atoms with Gasteiger partial charge in [0.15, 0.2) is 0 Å². The van der Waals surface area contributed by atoms with Crippen molar-refractivity contribution in [2.24, 2.45) is 16.7 Å². The van der Waals surface area contributed by atoms with Gasteiger partial charge in [0.05, 0.1) is 29.8 Å². The van der Waals surface area contributed by atoms with Gasteiger partial charge in [0, 0.05) is 12.2 Å². The number of nitrogens with zero attached hydrogens (tertiary/aromatic N) is 1. The Bertz CT molecular complexity index is 833. The highest BCUT2D eigenvalue weighted by molar-refractivity contribution is 6.10. The molecule has 0 fully saturated rings. The summed E-state index contributed by atoms with van der Waals surface area (Å²) in [6, 6.07) is 0. The fraction of sp³-hybridized carbons (Fsp3) is 0.724. The van der Waals surface area contributed by atoms with Gasteiger partial charge >= 0.3 is 0 Å². The van der Waals surface area contributed by atoms with Gasteiger partial charge in [-0.3, -0.25) is 14.5 Å². The van der Waals surface area contributed by atoms with Crippen LogP contribution in [0.25, 0.3) is 0 Å². The molecule has 0 spiro atoms. The van der Waals surface area contributed by atoms with E-state index in [1.54, 1.807) is 12.2 Å². The summed E-state index contributed by atoms with van der Waals surface area (Å²) in [5, 5.41) is 0. The third-order valence-electron chi connectivity index (χ3n) is 6.04. The van der Waals surface area contributed by atoms with E-state index in [0.29, 0.717) is 12.2 Å². The van der Waals surface area contributed by atoms with Crippen molar-refractivity contribution in [3.05, 3.63) is 36.0 Å². The van der Waals surface area contributed by atoms with Crippen LogP contribution in [0.2, 0.25) is 0 Å². The Morgan fingerprint density at radius 3 is 2.21 bits per heavy atom. The fourth-order valence-electron chi connectivity index (χ4n) is 4.95. The third kappa shape index (κ3) is 9.14. The number of carbonyl (C=O) groups excluding carboxylic acids is 2. The monoisotopic (exact) mass is 473 g/mol. The van der Waals surface area contributed by atoms with Crippen LogP contribution in [0.15, 0.2) is 36.0 Å². The average Bonchev–Trinajstić information content (AvgIpc) is 2.84. The summed E-state index contributed by atoms with van der Waals surface area (Å²) in [5.41, 5.74) is 0.0140. The van der Waals surface area contributed by atoms with E-state index in [4.69, 9.17) is 9.47 Å². The number of rotatable bonds is 10. The first kappa shape index (κ1) is 28.5. The molecule has 2 bridgehead atoms. The number of hydrogen-bond donors (Lipinski definition) is 0. The second-order valence-electron chi connectivity index (χ2n) is 13.5. The molecular weight excluding hydrogens is 426 g/mol. The standard InChI is InChI=1S/C29H47NO4/c1-26(2,3)18-23(19-30-24(31)21-13-11-12-14-22(17-21)25(30)32)34-29(9,10)20-28(7,8)15-16-33-27(4,5)6/h11-14,17,21,23H,15-16,18-20H2,1-10H3. The molecule has 34 heavy (non-hydrogen) atoms. The molecule has 2 rings (SSSR count). The first-order chi connectivity index (χ1) is 15.4. The van der Waals surface area contributed by atoms with Gasteiger partial charge in [-0.1, -0.05) is 58.9 Å². The van der Waals surface area contributed by atoms with Crippen molar-refractivity contribution in [3.8, 4) is 0 Å². The van der Waals surface area contributed by atoms with Gasteiger partial charge < -0.3 is 9.47 Å². The number of amides is 2. The first-order valence-corrected chi connectivity index (χ1v) is 12.6. The van der Waals surface area contributed by atoms with Gasteiger partial charge in [-0.25, -0.2) is 0 Å². The average molecular weight is 474 g/mol. The zero-order chi connectivity index (χ0) is 25.9. The van der Waals surface area contributed by atoms with Crippen molar-refractivity contribution in [2.45, 2.75) is 106 Å². The van der Waals surface area contributed by atoms with Crippen LogP contribution in [0.3, 0.4) is 0 Å². The molecule has 5 nitrogen and oxygen atoms in total. The third-order valence-corrected chi connectivity index (χ3v) is 6.04. The SMILES string of the molecule is CC(C)(C)CC(CN1C(=O)C2=CC(C=CC=C2)C1=O)OC(C)(C)CC(C)(C)CCOC(C)(C)C. The number of imide groups is 1. The van der Waals surface area contributed by atoms with E-state index >= 15 is 0 Å². The maximum Gasteiger partial charge on any atom is 0.260 e. The molecule has 0 N–H and O–H groups in total. The van der Waals surface area contributed by atoms with Crippen molar-refractivity contribution in [1.82, 2.24) is 4.90 Å². The number of hydrogen-bond acceptors (Lipinski definition) is 4. The summed E-state index contributed by atoms with van der Waals surface area (Å²) in [5.74, 6) is -0.803. The molecular formula is C29H47NO4. The van der Waals surface area contributed by atoms with E-state index in [1.165, 1.54) is 4.90 Å². The lowest BCUT2D eigenvalue weighted by Gasteiger charge is -2.41. The predicted molar refractivity (Wildman–Crippen MR) is 138 cm³/mol. The van der Waals surface area contributed by atoms with Gasteiger partial charge in [0.2, 0.25) is 5.91 Å². The van der Waals surface area contributed by atoms with Crippen LogP contribution in [-0.2, 0) is 19.1 Å². The molecule has 1 aliphatic carbocycles. The summed E-state index contributed by atoms with van der Waals surface area (Å²) >= 11 is 0. The molecule has 2 unspecified atom stereocenters. The second kappa shape index (κ2) is 10.5. The smallest absolute Gasteiger partial charge is 0.260 e. The van der Waals surface area contributed by atoms with Gasteiger partial charge in [-0.05, 0) is 70.8 Å². The molecule has 5 heteroatoms. The minimum absolute atomic E-state index is 0.00940. The van der Waals surface area contributed by atoms with E-state index < -0.39 is 11.5 Å². The molecule has 0 saturated carbocycles. The van der Waals surface area contributed by atoms with Crippen molar-refractivity contribution in [2.75, 3.05) is 13.2 Å². The Morgan fingerprint density at radius 2 is 1.62 bits per heavy atom. The molecule has 2 atom stereocenters. The number of fused-ring (bicyclic) bond motifs is 1. The highest BCUT2D eigenvalue weighted by atomic mass is 16.5. The van der Waals surface area contributed by atoms with Crippen molar-refractivity contribution in [1.29, 1.82) is 0 Å². The zero-order valence-electron chi connectivity index (χ0n) is 23.2. The molecule has 0 aromatic rings. The minimum atomic E-state index is -0.422. The van der Waals surface area contributed by atoms with E-state index in [1.807, 2.05) is 18.2 Å². The molecule has 1 heterocycles. The molecule has 1 aliphatic heterocycles. The second-order valence-corrected chi connectivity index (χ2v) is 13.5. The van der Waals surface area contributed by atoms with E-state index in [9.17, 15) is 9.59 Å². The Balaban J connectivity index is 2.14. The van der Waals surface area contributed by atoms with Crippen LogP contribution in [-0.4, -0.2) is 47.2 Å². The lowest BCUT2D eigenvalue weighted by Crippen LogP contribution is -2.50. The number of ether oxygens (including phenoxy) is 2. The van der Waals surface area contributed by atoms with Crippen molar-refractivity contribution < 1.29 is 19.1 Å². The molecule has 0 aromatic heterocycles. The summed E-state index contributed by atoms with van der Waals surface area (Å²) in [6.07, 6.45) is 11.3. The van der Waals surface area contributed by atoms with Crippen LogP contribution in [0.4, 0.5) is 0 Å². The quantitative estimate of drug-likeness (QED) is 0.352. The maximum atomic E-state index is 13.1. The van der Waals surface area contributed by atoms with Crippen LogP contribution < -0.4 is 0 Å². The summed E-state index contributed by atoms with van der Waals surface area (Å²) in [6.45, 7) is 22.4. The highest BCUT2D eigenvalue weighted by Crippen LogP contribution is 2.36. The van der Waals surface area contributed by atoms with Gasteiger partial charge in [-0.2, -0.15) is 0 Å². The summed E-state index contributed by atoms with van der Waals surface area (Å²) in [7, 11) is 0. The Kier molecular flexibility index (Phi) is 8.80. The van der Waals surface area contributed by atoms with E-state index in [2.05, 4.69) is 69.2 Å². The van der Waals surface area contributed by atoms with Gasteiger partial charge in [-0.15, -0.1) is 0 Å². The number of carbonyl (C=O) groups is 2. The Morgan fingerprint density at radius 1 is 0.971 bits per heavy atom. The predicted octanol–water partition coefficient (Wildman–Crippen LogP) is 6.25. The molecule has 2 amide bonds. The summed E-state index contributed by atoms with van der Waals surface area (Å²) in [4.78, 5) is 27.6. The Hall–Kier alpha value is -1.72. The topological polar surface area (TPSA) is 55.8 Å². The van der Waals surface area contributed by atoms with Crippen LogP contribution >= 0.6 is 0 Å². The molecule has 2 aliphatic rings. The summed E-state index contributed by atoms with van der Waals surface area (Å²) < 4.78 is 12.7. The molecule has 0 radical (unpaired) electrons. The van der Waals surface area contributed by atoms with Crippen LogP contribution in [0, 0.1) is 16.7 Å². The lowest BCUT2D eigenvalue weighted by atomic mass is 9.79. The largest absolute Gasteiger partial charge is 0.376 e. The fourth-order valence-corrected chi connectivity index (χ4v) is 4.95. The lowest BCUT2D eigenvalue weighted by molar-refractivity contribution is -0.153. The van der Waals surface area contributed by atoms with Gasteiger partial charge in [0.25, 0.3) is 5.91 Å². The van der Waals surface area contributed by atoms with Crippen molar-refractivity contribution in [3.63, 3.8) is 0 Å². The number of allylic oxidation sites excluding steroid dienone is 2. The zero-order valence-corrected chi connectivity index (χ0v) is 23.2. The van der Waals surface area contributed by atoms with Crippen molar-refractivity contribution >= 4 is 11.8 Å². The first-order valence-electron chi connectivity index (χ1n) is 12.6. The minimum Gasteiger partial charge on any atom is -0.376 e. The maximum absolute atomic E-state index is 13.1. The molecule has 0 saturated heterocycles. The Labute approximate surface area is 207 Å². The van der Waals surface area contributed by atoms with E-state index in [-0.39, 0.29) is 40.9 Å². The van der Waals surface area contributed by atoms with Gasteiger partial charge in [0.1, 0.15) is 0 Å². The normalized spacial score (nSPS) is 20.5. The molecule has 0 aromatic carbocycles. The highest BCUT2D eigenvalue weighted by Gasteiger charge is 2.38. The molecule has 192 valence electrons. The van der Waals surface area contributed by atoms with Crippen LogP contribution in [0.5, 0.6) is 0 Å². The van der Waals surface area contributed by atoms with Crippen LogP contribution in [0.1, 0.15) is 88.5 Å². The van der Waals surface area contributed by atoms with E-state index in [0.717, 1.165) is 19.3 Å².